The zero-order valence-electron chi connectivity index (χ0n) is 12.6. The van der Waals surface area contributed by atoms with Crippen LogP contribution in [0.15, 0.2) is 30.3 Å². The van der Waals surface area contributed by atoms with E-state index in [1.165, 1.54) is 0 Å². The molecular weight excluding hydrogens is 276 g/mol. The molecule has 4 rings (SSSR count). The van der Waals surface area contributed by atoms with Crippen molar-refractivity contribution < 1.29 is 4.79 Å². The Balaban J connectivity index is 2.01. The van der Waals surface area contributed by atoms with Crippen LogP contribution in [0.4, 0.5) is 0 Å². The van der Waals surface area contributed by atoms with Gasteiger partial charge in [0.05, 0.1) is 17.0 Å². The SMILES string of the molecule is Cc1nn2c3c(nnc2c1-c1ccccc1)C(=O)CC(C)C3. The summed E-state index contributed by atoms with van der Waals surface area (Å²) in [4.78, 5) is 12.2. The standard InChI is InChI=1S/C17H16N4O/c1-10-8-13-16(14(22)9-10)18-19-17-15(11(2)20-21(13)17)12-6-4-3-5-7-12/h3-7,10H,8-9H2,1-2H3. The Hall–Kier alpha value is -2.56. The highest BCUT2D eigenvalue weighted by molar-refractivity contribution is 5.96. The predicted octanol–water partition coefficient (Wildman–Crippen LogP) is 2.86. The quantitative estimate of drug-likeness (QED) is 0.692. The van der Waals surface area contributed by atoms with Gasteiger partial charge in [0.2, 0.25) is 0 Å². The minimum absolute atomic E-state index is 0.0672. The molecule has 0 saturated heterocycles. The number of Topliss-reactive ketones (excluding diaryl/α,β-unsaturated/α-hetero) is 1. The van der Waals surface area contributed by atoms with Crippen molar-refractivity contribution in [2.45, 2.75) is 26.7 Å². The molecule has 110 valence electrons. The first kappa shape index (κ1) is 13.1. The summed E-state index contributed by atoms with van der Waals surface area (Å²) in [5.74, 6) is 0.384. The fourth-order valence-corrected chi connectivity index (χ4v) is 3.21. The number of carbonyl (C=O) groups excluding carboxylic acids is 1. The Morgan fingerprint density at radius 2 is 1.91 bits per heavy atom. The van der Waals surface area contributed by atoms with E-state index in [1.807, 2.05) is 41.8 Å². The Morgan fingerprint density at radius 1 is 1.14 bits per heavy atom. The van der Waals surface area contributed by atoms with E-state index in [0.717, 1.165) is 34.6 Å². The van der Waals surface area contributed by atoms with Crippen molar-refractivity contribution in [3.05, 3.63) is 47.4 Å². The van der Waals surface area contributed by atoms with Crippen LogP contribution in [0.25, 0.3) is 16.8 Å². The largest absolute Gasteiger partial charge is 0.292 e. The van der Waals surface area contributed by atoms with Crippen molar-refractivity contribution in [1.29, 1.82) is 0 Å². The lowest BCUT2D eigenvalue weighted by molar-refractivity contribution is 0.0944. The van der Waals surface area contributed by atoms with Gasteiger partial charge in [-0.3, -0.25) is 4.79 Å². The van der Waals surface area contributed by atoms with Crippen molar-refractivity contribution in [3.8, 4) is 11.1 Å². The van der Waals surface area contributed by atoms with Crippen molar-refractivity contribution in [3.63, 3.8) is 0 Å². The molecule has 1 aromatic carbocycles. The summed E-state index contributed by atoms with van der Waals surface area (Å²) in [6.45, 7) is 4.05. The van der Waals surface area contributed by atoms with Gasteiger partial charge < -0.3 is 0 Å². The summed E-state index contributed by atoms with van der Waals surface area (Å²) in [7, 11) is 0. The first-order valence-electron chi connectivity index (χ1n) is 7.48. The van der Waals surface area contributed by atoms with Crippen molar-refractivity contribution in [2.24, 2.45) is 5.92 Å². The van der Waals surface area contributed by atoms with Gasteiger partial charge in [-0.2, -0.15) is 5.10 Å². The van der Waals surface area contributed by atoms with E-state index in [0.29, 0.717) is 18.0 Å². The number of fused-ring (bicyclic) bond motifs is 3. The second-order valence-electron chi connectivity index (χ2n) is 5.99. The summed E-state index contributed by atoms with van der Waals surface area (Å²) < 4.78 is 1.81. The Kier molecular flexibility index (Phi) is 2.82. The monoisotopic (exact) mass is 292 g/mol. The van der Waals surface area contributed by atoms with Crippen LogP contribution < -0.4 is 0 Å². The molecule has 0 aliphatic heterocycles. The highest BCUT2D eigenvalue weighted by atomic mass is 16.1. The van der Waals surface area contributed by atoms with Crippen LogP contribution in [0.3, 0.4) is 0 Å². The normalized spacial score (nSPS) is 17.7. The molecule has 5 nitrogen and oxygen atoms in total. The number of aromatic nitrogens is 4. The van der Waals surface area contributed by atoms with Crippen molar-refractivity contribution in [2.75, 3.05) is 0 Å². The van der Waals surface area contributed by atoms with Gasteiger partial charge >= 0.3 is 0 Å². The molecule has 0 amide bonds. The molecule has 0 spiro atoms. The number of hydrogen-bond acceptors (Lipinski definition) is 4. The molecule has 1 aliphatic carbocycles. The van der Waals surface area contributed by atoms with E-state index >= 15 is 0 Å². The van der Waals surface area contributed by atoms with Gasteiger partial charge in [0.15, 0.2) is 17.1 Å². The first-order chi connectivity index (χ1) is 10.6. The molecule has 0 radical (unpaired) electrons. The van der Waals surface area contributed by atoms with Crippen LogP contribution in [-0.4, -0.2) is 25.6 Å². The molecule has 0 saturated carbocycles. The van der Waals surface area contributed by atoms with E-state index < -0.39 is 0 Å². The van der Waals surface area contributed by atoms with E-state index in [2.05, 4.69) is 22.2 Å². The highest BCUT2D eigenvalue weighted by Crippen LogP contribution is 2.30. The van der Waals surface area contributed by atoms with Crippen LogP contribution in [0.2, 0.25) is 0 Å². The molecule has 0 N–H and O–H groups in total. The Bertz CT molecular complexity index is 883. The van der Waals surface area contributed by atoms with E-state index in [1.54, 1.807) is 0 Å². The Labute approximate surface area is 128 Å². The number of aryl methyl sites for hydroxylation is 1. The van der Waals surface area contributed by atoms with Gasteiger partial charge in [-0.15, -0.1) is 10.2 Å². The van der Waals surface area contributed by atoms with Crippen LogP contribution in [-0.2, 0) is 6.42 Å². The fraction of sp³-hybridized carbons (Fsp3) is 0.294. The summed E-state index contributed by atoms with van der Waals surface area (Å²) in [5, 5.41) is 13.1. The fourth-order valence-electron chi connectivity index (χ4n) is 3.21. The summed E-state index contributed by atoms with van der Waals surface area (Å²) in [5.41, 5.74) is 5.05. The van der Waals surface area contributed by atoms with Crippen molar-refractivity contribution >= 4 is 11.4 Å². The van der Waals surface area contributed by atoms with Gasteiger partial charge in [-0.1, -0.05) is 37.3 Å². The highest BCUT2D eigenvalue weighted by Gasteiger charge is 2.28. The molecule has 5 heteroatoms. The maximum Gasteiger partial charge on any atom is 0.185 e. The molecule has 22 heavy (non-hydrogen) atoms. The van der Waals surface area contributed by atoms with Crippen LogP contribution >= 0.6 is 0 Å². The molecule has 1 aliphatic rings. The van der Waals surface area contributed by atoms with E-state index in [9.17, 15) is 4.79 Å². The third kappa shape index (κ3) is 1.85. The molecule has 3 aromatic rings. The molecule has 0 bridgehead atoms. The molecule has 2 heterocycles. The zero-order chi connectivity index (χ0) is 15.3. The van der Waals surface area contributed by atoms with Gasteiger partial charge in [-0.05, 0) is 24.8 Å². The van der Waals surface area contributed by atoms with Gasteiger partial charge in [0.25, 0.3) is 0 Å². The second-order valence-corrected chi connectivity index (χ2v) is 5.99. The summed E-state index contributed by atoms with van der Waals surface area (Å²) in [6.07, 6.45) is 1.35. The smallest absolute Gasteiger partial charge is 0.185 e. The van der Waals surface area contributed by atoms with Crippen LogP contribution in [0, 0.1) is 12.8 Å². The van der Waals surface area contributed by atoms with Crippen LogP contribution in [0.5, 0.6) is 0 Å². The minimum atomic E-state index is 0.0672. The topological polar surface area (TPSA) is 60.1 Å². The van der Waals surface area contributed by atoms with Gasteiger partial charge in [0, 0.05) is 6.42 Å². The second kappa shape index (κ2) is 4.73. The lowest BCUT2D eigenvalue weighted by Crippen LogP contribution is -2.23. The molecule has 1 unspecified atom stereocenters. The van der Waals surface area contributed by atoms with E-state index in [-0.39, 0.29) is 5.78 Å². The molecule has 2 aromatic heterocycles. The number of carbonyl (C=O) groups is 1. The van der Waals surface area contributed by atoms with Crippen molar-refractivity contribution in [1.82, 2.24) is 19.8 Å². The predicted molar refractivity (Wildman–Crippen MR) is 82.8 cm³/mol. The average molecular weight is 292 g/mol. The molecule has 0 fully saturated rings. The third-order valence-electron chi connectivity index (χ3n) is 4.21. The maximum atomic E-state index is 12.2. The molecular formula is C17H16N4O. The number of benzene rings is 1. The summed E-state index contributed by atoms with van der Waals surface area (Å²) in [6, 6.07) is 10.1. The lowest BCUT2D eigenvalue weighted by Gasteiger charge is -2.19. The molecule has 1 atom stereocenters. The lowest BCUT2D eigenvalue weighted by atomic mass is 9.90. The maximum absolute atomic E-state index is 12.2. The first-order valence-corrected chi connectivity index (χ1v) is 7.48. The Morgan fingerprint density at radius 3 is 2.68 bits per heavy atom. The minimum Gasteiger partial charge on any atom is -0.292 e. The third-order valence-corrected chi connectivity index (χ3v) is 4.21. The summed E-state index contributed by atoms with van der Waals surface area (Å²) >= 11 is 0. The van der Waals surface area contributed by atoms with Crippen LogP contribution in [0.1, 0.15) is 35.2 Å². The van der Waals surface area contributed by atoms with E-state index in [4.69, 9.17) is 0 Å². The van der Waals surface area contributed by atoms with Gasteiger partial charge in [0.1, 0.15) is 0 Å². The van der Waals surface area contributed by atoms with Gasteiger partial charge in [-0.25, -0.2) is 4.52 Å². The number of ketones is 1. The number of nitrogens with zero attached hydrogens (tertiary/aromatic N) is 4. The zero-order valence-corrected chi connectivity index (χ0v) is 12.6. The number of hydrogen-bond donors (Lipinski definition) is 0. The average Bonchev–Trinajstić information content (AvgIpc) is 2.84. The number of rotatable bonds is 1.